The second-order valence-corrected chi connectivity index (χ2v) is 11.3. The van der Waals surface area contributed by atoms with Gasteiger partial charge < -0.3 is 9.15 Å². The van der Waals surface area contributed by atoms with E-state index in [1.54, 1.807) is 0 Å². The molecule has 0 N–H and O–H groups in total. The third-order valence-electron chi connectivity index (χ3n) is 6.76. The predicted octanol–water partition coefficient (Wildman–Crippen LogP) is 5.59. The van der Waals surface area contributed by atoms with Gasteiger partial charge in [-0.3, -0.25) is 19.4 Å². The molecule has 0 saturated carbocycles. The molecule has 6 nitrogen and oxygen atoms in total. The summed E-state index contributed by atoms with van der Waals surface area (Å²) in [7, 11) is 0. The molecule has 1 aromatic carbocycles. The van der Waals surface area contributed by atoms with Crippen molar-refractivity contribution >= 4 is 11.6 Å². The van der Waals surface area contributed by atoms with Gasteiger partial charge in [-0.1, -0.05) is 58.0 Å². The Kier molecular flexibility index (Phi) is 5.50. The fourth-order valence-corrected chi connectivity index (χ4v) is 5.24. The second-order valence-electron chi connectivity index (χ2n) is 11.3. The molecule has 0 saturated heterocycles. The summed E-state index contributed by atoms with van der Waals surface area (Å²) in [6.45, 7) is 8.41. The highest BCUT2D eigenvalue weighted by atomic mass is 16.5. The van der Waals surface area contributed by atoms with Crippen molar-refractivity contribution in [3.8, 4) is 17.1 Å². The topological polar surface area (TPSA) is 86.5 Å². The van der Waals surface area contributed by atoms with Gasteiger partial charge in [0.2, 0.25) is 11.2 Å². The van der Waals surface area contributed by atoms with E-state index in [0.717, 1.165) is 5.56 Å². The van der Waals surface area contributed by atoms with Crippen LogP contribution in [0.1, 0.15) is 78.2 Å². The van der Waals surface area contributed by atoms with E-state index in [0.29, 0.717) is 53.8 Å². The quantitative estimate of drug-likeness (QED) is 0.493. The number of ketones is 2. The Morgan fingerprint density at radius 1 is 0.829 bits per heavy atom. The van der Waals surface area contributed by atoms with Gasteiger partial charge in [-0.15, -0.1) is 0 Å². The molecule has 180 valence electrons. The number of ether oxygens (including phenoxy) is 1. The van der Waals surface area contributed by atoms with Gasteiger partial charge in [0.05, 0.1) is 22.5 Å². The van der Waals surface area contributed by atoms with Crippen molar-refractivity contribution in [2.24, 2.45) is 10.8 Å². The SMILES string of the molecule is CC1(C)CC(=O)c2c(nc3c(c2-c2cc(=O)c(OCc4ccccc4)co2)C(=O)CC(C)(C)C3)C1. The van der Waals surface area contributed by atoms with E-state index in [2.05, 4.69) is 0 Å². The minimum atomic E-state index is -0.367. The molecule has 0 radical (unpaired) electrons. The number of pyridine rings is 1. The molecular formula is C29H29NO5. The highest BCUT2D eigenvalue weighted by Crippen LogP contribution is 2.44. The van der Waals surface area contributed by atoms with Crippen LogP contribution < -0.4 is 10.2 Å². The summed E-state index contributed by atoms with van der Waals surface area (Å²) >= 11 is 0. The van der Waals surface area contributed by atoms with Crippen LogP contribution in [0.5, 0.6) is 5.75 Å². The summed E-state index contributed by atoms with van der Waals surface area (Å²) in [5.74, 6) is 0.130. The van der Waals surface area contributed by atoms with E-state index in [1.807, 2.05) is 58.0 Å². The van der Waals surface area contributed by atoms with Crippen molar-refractivity contribution in [2.75, 3.05) is 0 Å². The van der Waals surface area contributed by atoms with Crippen molar-refractivity contribution in [3.05, 3.63) is 81.0 Å². The van der Waals surface area contributed by atoms with Crippen molar-refractivity contribution in [2.45, 2.75) is 60.0 Å². The summed E-state index contributed by atoms with van der Waals surface area (Å²) in [5.41, 5.74) is 2.70. The third kappa shape index (κ3) is 4.45. The number of benzene rings is 1. The maximum Gasteiger partial charge on any atom is 0.227 e. The highest BCUT2D eigenvalue weighted by Gasteiger charge is 2.41. The van der Waals surface area contributed by atoms with Crippen molar-refractivity contribution in [3.63, 3.8) is 0 Å². The lowest BCUT2D eigenvalue weighted by Crippen LogP contribution is -2.34. The van der Waals surface area contributed by atoms with Gasteiger partial charge >= 0.3 is 0 Å². The van der Waals surface area contributed by atoms with Gasteiger partial charge in [-0.25, -0.2) is 0 Å². The van der Waals surface area contributed by atoms with Gasteiger partial charge in [0, 0.05) is 24.5 Å². The highest BCUT2D eigenvalue weighted by molar-refractivity contribution is 6.12. The molecule has 0 unspecified atom stereocenters. The third-order valence-corrected chi connectivity index (χ3v) is 6.76. The lowest BCUT2D eigenvalue weighted by Gasteiger charge is -2.35. The van der Waals surface area contributed by atoms with E-state index in [4.69, 9.17) is 14.1 Å². The Balaban J connectivity index is 1.63. The molecule has 2 aliphatic carbocycles. The average Bonchev–Trinajstić information content (AvgIpc) is 2.76. The molecule has 0 spiro atoms. The minimum absolute atomic E-state index is 0.0776. The van der Waals surface area contributed by atoms with Crippen LogP contribution >= 0.6 is 0 Å². The van der Waals surface area contributed by atoms with Gasteiger partial charge in [0.25, 0.3) is 0 Å². The first-order valence-electron chi connectivity index (χ1n) is 12.0. The van der Waals surface area contributed by atoms with Crippen molar-refractivity contribution < 1.29 is 18.7 Å². The van der Waals surface area contributed by atoms with Crippen molar-refractivity contribution in [1.29, 1.82) is 0 Å². The Labute approximate surface area is 204 Å². The van der Waals surface area contributed by atoms with Gasteiger partial charge in [0.1, 0.15) is 18.6 Å². The zero-order valence-electron chi connectivity index (χ0n) is 20.6. The first kappa shape index (κ1) is 23.2. The van der Waals surface area contributed by atoms with E-state index < -0.39 is 0 Å². The maximum atomic E-state index is 13.3. The summed E-state index contributed by atoms with van der Waals surface area (Å²) in [6.07, 6.45) is 3.19. The fraction of sp³-hybridized carbons (Fsp3) is 0.379. The first-order chi connectivity index (χ1) is 16.5. The molecule has 2 aromatic heterocycles. The largest absolute Gasteiger partial charge is 0.482 e. The lowest BCUT2D eigenvalue weighted by molar-refractivity contribution is 0.0907. The predicted molar refractivity (Wildman–Crippen MR) is 132 cm³/mol. The molecule has 0 aliphatic heterocycles. The Hall–Kier alpha value is -3.54. The van der Waals surface area contributed by atoms with Crippen LogP contribution in [0.25, 0.3) is 11.3 Å². The number of hydrogen-bond donors (Lipinski definition) is 0. The van der Waals surface area contributed by atoms with Crippen LogP contribution in [0, 0.1) is 10.8 Å². The number of rotatable bonds is 4. The first-order valence-corrected chi connectivity index (χ1v) is 12.0. The van der Waals surface area contributed by atoms with Crippen LogP contribution in [0.15, 0.2) is 51.9 Å². The number of Topliss-reactive ketones (excluding diaryl/α,β-unsaturated/α-hetero) is 2. The number of carbonyl (C=O) groups is 2. The van der Waals surface area contributed by atoms with Gasteiger partial charge in [0.15, 0.2) is 11.6 Å². The normalized spacial score (nSPS) is 18.1. The zero-order valence-corrected chi connectivity index (χ0v) is 20.6. The summed E-state index contributed by atoms with van der Waals surface area (Å²) < 4.78 is 11.6. The number of nitrogens with zero attached hydrogens (tertiary/aromatic N) is 1. The lowest BCUT2D eigenvalue weighted by atomic mass is 9.70. The zero-order chi connectivity index (χ0) is 25.0. The smallest absolute Gasteiger partial charge is 0.227 e. The molecule has 5 rings (SSSR count). The van der Waals surface area contributed by atoms with E-state index in [9.17, 15) is 14.4 Å². The molecule has 6 heteroatoms. The molecule has 0 fully saturated rings. The molecule has 35 heavy (non-hydrogen) atoms. The molecule has 3 aromatic rings. The van der Waals surface area contributed by atoms with E-state index in [-0.39, 0.29) is 45.9 Å². The standard InChI is InChI=1S/C29H29NO5/c1-28(2)11-18-25(21(32)13-28)27(26-19(30-18)12-29(3,4)14-22(26)33)23-10-20(31)24(16-35-23)34-15-17-8-6-5-7-9-17/h5-10,16H,11-15H2,1-4H3. The molecule has 2 heterocycles. The summed E-state index contributed by atoms with van der Waals surface area (Å²) in [5, 5.41) is 0. The molecule has 0 atom stereocenters. The Bertz CT molecular complexity index is 1340. The Morgan fingerprint density at radius 3 is 1.94 bits per heavy atom. The van der Waals surface area contributed by atoms with Crippen LogP contribution in [-0.4, -0.2) is 16.6 Å². The van der Waals surface area contributed by atoms with Crippen LogP contribution in [0.3, 0.4) is 0 Å². The summed E-state index contributed by atoms with van der Waals surface area (Å²) in [6, 6.07) is 10.9. The number of aromatic nitrogens is 1. The molecular weight excluding hydrogens is 442 g/mol. The molecule has 0 bridgehead atoms. The monoisotopic (exact) mass is 471 g/mol. The van der Waals surface area contributed by atoms with Gasteiger partial charge in [-0.05, 0) is 29.2 Å². The second kappa shape index (κ2) is 8.29. The number of carbonyl (C=O) groups excluding carboxylic acids is 2. The van der Waals surface area contributed by atoms with Crippen LogP contribution in [-0.2, 0) is 19.4 Å². The van der Waals surface area contributed by atoms with Crippen molar-refractivity contribution in [1.82, 2.24) is 4.98 Å². The number of hydrogen-bond acceptors (Lipinski definition) is 6. The van der Waals surface area contributed by atoms with Crippen LogP contribution in [0.4, 0.5) is 0 Å². The minimum Gasteiger partial charge on any atom is -0.482 e. The number of fused-ring (bicyclic) bond motifs is 2. The van der Waals surface area contributed by atoms with Gasteiger partial charge in [-0.2, -0.15) is 0 Å². The summed E-state index contributed by atoms with van der Waals surface area (Å²) in [4.78, 5) is 44.5. The van der Waals surface area contributed by atoms with E-state index in [1.165, 1.54) is 12.3 Å². The average molecular weight is 472 g/mol. The maximum absolute atomic E-state index is 13.3. The molecule has 0 amide bonds. The Morgan fingerprint density at radius 2 is 1.40 bits per heavy atom. The van der Waals surface area contributed by atoms with Crippen LogP contribution in [0.2, 0.25) is 0 Å². The molecule has 2 aliphatic rings. The van der Waals surface area contributed by atoms with E-state index >= 15 is 0 Å². The fourth-order valence-electron chi connectivity index (χ4n) is 5.24.